The Bertz CT molecular complexity index is 774. The number of piperidine rings is 1. The molecular weight excluding hydrogens is 336 g/mol. The van der Waals surface area contributed by atoms with Crippen LogP contribution in [0.3, 0.4) is 0 Å². The van der Waals surface area contributed by atoms with Crippen molar-refractivity contribution >= 4 is 32.7 Å². The van der Waals surface area contributed by atoms with Crippen molar-refractivity contribution in [2.24, 2.45) is 5.41 Å². The van der Waals surface area contributed by atoms with Gasteiger partial charge in [-0.15, -0.1) is 22.7 Å². The van der Waals surface area contributed by atoms with E-state index in [-0.39, 0.29) is 5.41 Å². The third-order valence-corrected chi connectivity index (χ3v) is 8.11. The molecule has 0 bridgehead atoms. The summed E-state index contributed by atoms with van der Waals surface area (Å²) in [6.07, 6.45) is 2.00. The second-order valence-corrected chi connectivity index (χ2v) is 10.8. The van der Waals surface area contributed by atoms with Gasteiger partial charge in [0.25, 0.3) is 10.0 Å². The van der Waals surface area contributed by atoms with Gasteiger partial charge < -0.3 is 0 Å². The number of rotatable bonds is 3. The van der Waals surface area contributed by atoms with E-state index >= 15 is 0 Å². The molecule has 0 N–H and O–H groups in total. The van der Waals surface area contributed by atoms with Gasteiger partial charge in [0.15, 0.2) is 0 Å². The lowest BCUT2D eigenvalue weighted by molar-refractivity contribution is 0.187. The first-order chi connectivity index (χ1) is 10.3. The number of nitrogens with zero attached hydrogens (tertiary/aromatic N) is 2. The molecule has 22 heavy (non-hydrogen) atoms. The minimum absolute atomic E-state index is 0.0530. The zero-order valence-corrected chi connectivity index (χ0v) is 15.4. The summed E-state index contributed by atoms with van der Waals surface area (Å²) in [6.45, 7) is 7.43. The third-order valence-electron chi connectivity index (χ3n) is 3.91. The number of thiophene rings is 1. The monoisotopic (exact) mass is 356 g/mol. The number of hydrogen-bond acceptors (Lipinski definition) is 5. The molecule has 0 atom stereocenters. The minimum atomic E-state index is -3.39. The van der Waals surface area contributed by atoms with Gasteiger partial charge in [-0.3, -0.25) is 0 Å². The topological polar surface area (TPSA) is 50.3 Å². The third kappa shape index (κ3) is 3.13. The lowest BCUT2D eigenvalue weighted by Crippen LogP contribution is -2.43. The molecule has 2 aromatic rings. The normalized spacial score (nSPS) is 19.4. The second kappa shape index (κ2) is 5.70. The summed E-state index contributed by atoms with van der Waals surface area (Å²) in [5.74, 6) is 0. The van der Waals surface area contributed by atoms with Crippen LogP contribution in [0.25, 0.3) is 10.6 Å². The maximum atomic E-state index is 12.8. The minimum Gasteiger partial charge on any atom is -0.241 e. The van der Waals surface area contributed by atoms with Crippen LogP contribution in [0, 0.1) is 12.3 Å². The van der Waals surface area contributed by atoms with E-state index in [0.717, 1.165) is 28.4 Å². The van der Waals surface area contributed by atoms with Gasteiger partial charge >= 0.3 is 0 Å². The number of aryl methyl sites for hydroxylation is 1. The summed E-state index contributed by atoms with van der Waals surface area (Å²) in [4.78, 5) is 5.35. The molecule has 0 radical (unpaired) electrons. The van der Waals surface area contributed by atoms with Crippen molar-refractivity contribution in [2.75, 3.05) is 13.1 Å². The molecular formula is C15H20N2O2S3. The summed E-state index contributed by atoms with van der Waals surface area (Å²) >= 11 is 2.89. The van der Waals surface area contributed by atoms with Crippen LogP contribution < -0.4 is 0 Å². The first kappa shape index (κ1) is 16.1. The SMILES string of the molecule is Cc1nc(-c2ccc(S(=O)(=O)N3CCCC(C)(C)C3)s2)cs1. The predicted octanol–water partition coefficient (Wildman–Crippen LogP) is 3.99. The van der Waals surface area contributed by atoms with Gasteiger partial charge in [0.1, 0.15) is 4.21 Å². The van der Waals surface area contributed by atoms with Crippen molar-refractivity contribution in [3.05, 3.63) is 22.5 Å². The van der Waals surface area contributed by atoms with E-state index in [4.69, 9.17) is 0 Å². The Kier molecular flexibility index (Phi) is 4.18. The summed E-state index contributed by atoms with van der Waals surface area (Å²) in [5, 5.41) is 2.97. The molecule has 0 amide bonds. The van der Waals surface area contributed by atoms with Crippen LogP contribution in [-0.2, 0) is 10.0 Å². The first-order valence-corrected chi connectivity index (χ1v) is 10.4. The Labute approximate surface area is 139 Å². The molecule has 1 saturated heterocycles. The first-order valence-electron chi connectivity index (χ1n) is 7.30. The maximum absolute atomic E-state index is 12.8. The van der Waals surface area contributed by atoms with Crippen molar-refractivity contribution in [1.82, 2.24) is 9.29 Å². The number of hydrogen-bond donors (Lipinski definition) is 0. The Balaban J connectivity index is 1.88. The molecule has 0 saturated carbocycles. The van der Waals surface area contributed by atoms with Gasteiger partial charge in [-0.05, 0) is 37.3 Å². The van der Waals surface area contributed by atoms with Crippen molar-refractivity contribution in [3.63, 3.8) is 0 Å². The van der Waals surface area contributed by atoms with Crippen molar-refractivity contribution in [3.8, 4) is 10.6 Å². The van der Waals surface area contributed by atoms with Gasteiger partial charge in [0, 0.05) is 18.5 Å². The fraction of sp³-hybridized carbons (Fsp3) is 0.533. The second-order valence-electron chi connectivity index (χ2n) is 6.48. The molecule has 120 valence electrons. The van der Waals surface area contributed by atoms with E-state index in [9.17, 15) is 8.42 Å². The number of thiazole rings is 1. The standard InChI is InChI=1S/C15H20N2O2S3/c1-11-16-12(9-20-11)13-5-6-14(21-13)22(18,19)17-8-4-7-15(2,3)10-17/h5-6,9H,4,7-8,10H2,1-3H3. The van der Waals surface area contributed by atoms with E-state index in [1.807, 2.05) is 18.4 Å². The quantitative estimate of drug-likeness (QED) is 0.835. The molecule has 2 aromatic heterocycles. The average molecular weight is 357 g/mol. The van der Waals surface area contributed by atoms with E-state index in [1.54, 1.807) is 21.7 Å². The van der Waals surface area contributed by atoms with Crippen molar-refractivity contribution in [1.29, 1.82) is 0 Å². The highest BCUT2D eigenvalue weighted by Gasteiger charge is 2.34. The molecule has 1 aliphatic rings. The van der Waals surface area contributed by atoms with Crippen LogP contribution in [0.4, 0.5) is 0 Å². The van der Waals surface area contributed by atoms with Gasteiger partial charge in [0.2, 0.25) is 0 Å². The van der Waals surface area contributed by atoms with Crippen molar-refractivity contribution in [2.45, 2.75) is 37.8 Å². The van der Waals surface area contributed by atoms with Gasteiger partial charge in [-0.2, -0.15) is 4.31 Å². The van der Waals surface area contributed by atoms with E-state index in [0.29, 0.717) is 17.3 Å². The van der Waals surface area contributed by atoms with Crippen LogP contribution in [0.2, 0.25) is 0 Å². The van der Waals surface area contributed by atoms with E-state index in [2.05, 4.69) is 18.8 Å². The average Bonchev–Trinajstić information content (AvgIpc) is 3.06. The van der Waals surface area contributed by atoms with Gasteiger partial charge in [0.05, 0.1) is 15.6 Å². The van der Waals surface area contributed by atoms with Gasteiger partial charge in [-0.1, -0.05) is 13.8 Å². The number of aromatic nitrogens is 1. The van der Waals surface area contributed by atoms with Crippen molar-refractivity contribution < 1.29 is 8.42 Å². The molecule has 0 spiro atoms. The molecule has 7 heteroatoms. The predicted molar refractivity (Wildman–Crippen MR) is 91.9 cm³/mol. The van der Waals surface area contributed by atoms with Crippen LogP contribution in [0.5, 0.6) is 0 Å². The van der Waals surface area contributed by atoms with Crippen LogP contribution >= 0.6 is 22.7 Å². The molecule has 3 heterocycles. The lowest BCUT2D eigenvalue weighted by Gasteiger charge is -2.36. The molecule has 0 aliphatic carbocycles. The Morgan fingerprint density at radius 2 is 2.09 bits per heavy atom. The van der Waals surface area contributed by atoms with Crippen LogP contribution in [0.1, 0.15) is 31.7 Å². The fourth-order valence-corrected chi connectivity index (χ4v) is 6.55. The van der Waals surface area contributed by atoms with Crippen LogP contribution in [0.15, 0.2) is 21.7 Å². The summed E-state index contributed by atoms with van der Waals surface area (Å²) in [6, 6.07) is 3.58. The zero-order valence-electron chi connectivity index (χ0n) is 13.0. The lowest BCUT2D eigenvalue weighted by atomic mass is 9.85. The van der Waals surface area contributed by atoms with E-state index < -0.39 is 10.0 Å². The van der Waals surface area contributed by atoms with E-state index in [1.165, 1.54) is 11.3 Å². The highest BCUT2D eigenvalue weighted by Crippen LogP contribution is 2.36. The Morgan fingerprint density at radius 1 is 1.32 bits per heavy atom. The Hall–Kier alpha value is -0.760. The smallest absolute Gasteiger partial charge is 0.241 e. The largest absolute Gasteiger partial charge is 0.252 e. The van der Waals surface area contributed by atoms with Crippen LogP contribution in [-0.4, -0.2) is 30.8 Å². The molecule has 0 unspecified atom stereocenters. The molecule has 0 aromatic carbocycles. The summed E-state index contributed by atoms with van der Waals surface area (Å²) in [5.41, 5.74) is 0.921. The Morgan fingerprint density at radius 3 is 2.73 bits per heavy atom. The van der Waals surface area contributed by atoms with Gasteiger partial charge in [-0.25, -0.2) is 13.4 Å². The molecule has 1 aliphatic heterocycles. The summed E-state index contributed by atoms with van der Waals surface area (Å²) in [7, 11) is -3.39. The highest BCUT2D eigenvalue weighted by atomic mass is 32.2. The zero-order chi connectivity index (χ0) is 16.0. The summed E-state index contributed by atoms with van der Waals surface area (Å²) < 4.78 is 27.7. The molecule has 1 fully saturated rings. The molecule has 4 nitrogen and oxygen atoms in total. The maximum Gasteiger partial charge on any atom is 0.252 e. The highest BCUT2D eigenvalue weighted by molar-refractivity contribution is 7.91. The molecule has 3 rings (SSSR count). The fourth-order valence-electron chi connectivity index (χ4n) is 2.77. The number of sulfonamides is 1.